The van der Waals surface area contributed by atoms with Gasteiger partial charge in [0, 0.05) is 5.33 Å². The Kier molecular flexibility index (Phi) is 2.40. The van der Waals surface area contributed by atoms with Crippen molar-refractivity contribution in [3.05, 3.63) is 42.5 Å². The van der Waals surface area contributed by atoms with E-state index in [1.807, 2.05) is 12.1 Å². The first-order chi connectivity index (χ1) is 6.40. The van der Waals surface area contributed by atoms with E-state index in [0.717, 1.165) is 11.0 Å². The number of benzene rings is 1. The van der Waals surface area contributed by atoms with Crippen molar-refractivity contribution in [2.45, 2.75) is 5.33 Å². The van der Waals surface area contributed by atoms with Crippen LogP contribution in [-0.2, 0) is 5.33 Å². The van der Waals surface area contributed by atoms with Crippen molar-refractivity contribution < 1.29 is 0 Å². The van der Waals surface area contributed by atoms with E-state index in [1.54, 1.807) is 11.0 Å². The Bertz CT molecular complexity index is 366. The summed E-state index contributed by atoms with van der Waals surface area (Å²) in [6, 6.07) is 8.16. The highest BCUT2D eigenvalue weighted by Crippen LogP contribution is 2.10. The molecule has 3 nitrogen and oxygen atoms in total. The van der Waals surface area contributed by atoms with Gasteiger partial charge < -0.3 is 0 Å². The maximum atomic E-state index is 4.04. The smallest absolute Gasteiger partial charge is 0.138 e. The molecule has 1 heterocycles. The van der Waals surface area contributed by atoms with E-state index in [4.69, 9.17) is 0 Å². The van der Waals surface area contributed by atoms with E-state index < -0.39 is 0 Å². The standard InChI is InChI=1S/C9H8BrN3/c10-5-8-1-3-9(4-2-8)13-7-11-6-12-13/h1-4,6-7H,5H2. The van der Waals surface area contributed by atoms with Crippen molar-refractivity contribution >= 4 is 15.9 Å². The third kappa shape index (κ3) is 1.78. The van der Waals surface area contributed by atoms with Gasteiger partial charge in [-0.15, -0.1) is 0 Å². The van der Waals surface area contributed by atoms with Crippen LogP contribution in [0.1, 0.15) is 5.56 Å². The quantitative estimate of drug-likeness (QED) is 0.750. The van der Waals surface area contributed by atoms with Crippen molar-refractivity contribution in [3.63, 3.8) is 0 Å². The van der Waals surface area contributed by atoms with E-state index in [9.17, 15) is 0 Å². The molecule has 0 aliphatic heterocycles. The Morgan fingerprint density at radius 1 is 1.23 bits per heavy atom. The summed E-state index contributed by atoms with van der Waals surface area (Å²) in [5, 5.41) is 4.92. The summed E-state index contributed by atoms with van der Waals surface area (Å²) < 4.78 is 1.73. The van der Waals surface area contributed by atoms with Crippen LogP contribution in [0.15, 0.2) is 36.9 Å². The van der Waals surface area contributed by atoms with Gasteiger partial charge in [0.25, 0.3) is 0 Å². The second-order valence-corrected chi connectivity index (χ2v) is 3.20. The minimum Gasteiger partial charge on any atom is -0.223 e. The first kappa shape index (κ1) is 8.44. The topological polar surface area (TPSA) is 30.7 Å². The van der Waals surface area contributed by atoms with Gasteiger partial charge >= 0.3 is 0 Å². The molecule has 1 aromatic heterocycles. The molecule has 66 valence electrons. The highest BCUT2D eigenvalue weighted by molar-refractivity contribution is 9.08. The minimum absolute atomic E-state index is 0.880. The highest BCUT2D eigenvalue weighted by Gasteiger charge is 1.95. The fourth-order valence-corrected chi connectivity index (χ4v) is 1.45. The van der Waals surface area contributed by atoms with Crippen molar-refractivity contribution in [1.82, 2.24) is 14.8 Å². The van der Waals surface area contributed by atoms with Gasteiger partial charge in [0.05, 0.1) is 5.69 Å². The van der Waals surface area contributed by atoms with Crippen molar-refractivity contribution in [2.75, 3.05) is 0 Å². The van der Waals surface area contributed by atoms with E-state index in [2.05, 4.69) is 38.1 Å². The van der Waals surface area contributed by atoms with E-state index in [-0.39, 0.29) is 0 Å². The van der Waals surface area contributed by atoms with Gasteiger partial charge in [-0.1, -0.05) is 28.1 Å². The number of hydrogen-bond donors (Lipinski definition) is 0. The lowest BCUT2D eigenvalue weighted by atomic mass is 10.2. The highest BCUT2D eigenvalue weighted by atomic mass is 79.9. The molecule has 0 unspecified atom stereocenters. The third-order valence-electron chi connectivity index (χ3n) is 1.77. The Labute approximate surface area is 84.5 Å². The number of rotatable bonds is 2. The molecular weight excluding hydrogens is 230 g/mol. The average Bonchev–Trinajstić information content (AvgIpc) is 2.71. The zero-order chi connectivity index (χ0) is 9.10. The third-order valence-corrected chi connectivity index (χ3v) is 2.42. The molecule has 2 rings (SSSR count). The van der Waals surface area contributed by atoms with Gasteiger partial charge in [-0.05, 0) is 17.7 Å². The summed E-state index contributed by atoms with van der Waals surface area (Å²) in [4.78, 5) is 3.88. The van der Waals surface area contributed by atoms with Crippen LogP contribution >= 0.6 is 15.9 Å². The van der Waals surface area contributed by atoms with Gasteiger partial charge in [-0.3, -0.25) is 0 Å². The second kappa shape index (κ2) is 3.70. The SMILES string of the molecule is BrCc1ccc(-n2cncn2)cc1. The van der Waals surface area contributed by atoms with Gasteiger partial charge in [-0.2, -0.15) is 5.10 Å². The molecule has 0 saturated heterocycles. The zero-order valence-electron chi connectivity index (χ0n) is 6.89. The molecule has 0 fully saturated rings. The lowest BCUT2D eigenvalue weighted by Crippen LogP contribution is -1.93. The summed E-state index contributed by atoms with van der Waals surface area (Å²) in [5.41, 5.74) is 2.28. The van der Waals surface area contributed by atoms with Gasteiger partial charge in [0.2, 0.25) is 0 Å². The zero-order valence-corrected chi connectivity index (χ0v) is 8.48. The van der Waals surface area contributed by atoms with Crippen LogP contribution in [0.25, 0.3) is 5.69 Å². The van der Waals surface area contributed by atoms with Crippen LogP contribution in [0.5, 0.6) is 0 Å². The van der Waals surface area contributed by atoms with Gasteiger partial charge in [0.15, 0.2) is 0 Å². The summed E-state index contributed by atoms with van der Waals surface area (Å²) >= 11 is 3.40. The molecule has 0 spiro atoms. The van der Waals surface area contributed by atoms with Gasteiger partial charge in [0.1, 0.15) is 12.7 Å². The van der Waals surface area contributed by atoms with E-state index in [0.29, 0.717) is 0 Å². The predicted molar refractivity (Wildman–Crippen MR) is 54.0 cm³/mol. The molecule has 0 amide bonds. The normalized spacial score (nSPS) is 10.2. The van der Waals surface area contributed by atoms with Crippen LogP contribution in [-0.4, -0.2) is 14.8 Å². The van der Waals surface area contributed by atoms with Crippen LogP contribution in [0.3, 0.4) is 0 Å². The molecule has 0 aliphatic carbocycles. The summed E-state index contributed by atoms with van der Waals surface area (Å²) in [5.74, 6) is 0. The van der Waals surface area contributed by atoms with E-state index in [1.165, 1.54) is 11.9 Å². The molecule has 2 aromatic rings. The molecule has 0 atom stereocenters. The number of halogens is 1. The summed E-state index contributed by atoms with van der Waals surface area (Å²) in [6.45, 7) is 0. The average molecular weight is 238 g/mol. The Morgan fingerprint density at radius 3 is 2.54 bits per heavy atom. The summed E-state index contributed by atoms with van der Waals surface area (Å²) in [6.07, 6.45) is 3.21. The fourth-order valence-electron chi connectivity index (χ4n) is 1.08. The first-order valence-corrected chi connectivity index (χ1v) is 5.02. The lowest BCUT2D eigenvalue weighted by Gasteiger charge is -2.00. The maximum absolute atomic E-state index is 4.04. The molecule has 0 saturated carbocycles. The van der Waals surface area contributed by atoms with Crippen LogP contribution < -0.4 is 0 Å². The first-order valence-electron chi connectivity index (χ1n) is 3.90. The molecule has 0 N–H and O–H groups in total. The van der Waals surface area contributed by atoms with Crippen molar-refractivity contribution in [3.8, 4) is 5.69 Å². The number of hydrogen-bond acceptors (Lipinski definition) is 2. The molecule has 4 heteroatoms. The molecular formula is C9H8BrN3. The number of alkyl halides is 1. The predicted octanol–water partition coefficient (Wildman–Crippen LogP) is 2.16. The lowest BCUT2D eigenvalue weighted by molar-refractivity contribution is 0.878. The van der Waals surface area contributed by atoms with Crippen LogP contribution in [0.4, 0.5) is 0 Å². The number of aromatic nitrogens is 3. The number of nitrogens with zero attached hydrogens (tertiary/aromatic N) is 3. The minimum atomic E-state index is 0.880. The largest absolute Gasteiger partial charge is 0.223 e. The van der Waals surface area contributed by atoms with Crippen LogP contribution in [0, 0.1) is 0 Å². The van der Waals surface area contributed by atoms with Crippen molar-refractivity contribution in [2.24, 2.45) is 0 Å². The van der Waals surface area contributed by atoms with Gasteiger partial charge in [-0.25, -0.2) is 9.67 Å². The fraction of sp³-hybridized carbons (Fsp3) is 0.111. The summed E-state index contributed by atoms with van der Waals surface area (Å²) in [7, 11) is 0. The Hall–Kier alpha value is -1.16. The van der Waals surface area contributed by atoms with E-state index >= 15 is 0 Å². The second-order valence-electron chi connectivity index (χ2n) is 2.64. The Morgan fingerprint density at radius 2 is 2.00 bits per heavy atom. The molecule has 0 radical (unpaired) electrons. The monoisotopic (exact) mass is 237 g/mol. The molecule has 0 bridgehead atoms. The Balaban J connectivity index is 2.33. The molecule has 1 aromatic carbocycles. The molecule has 13 heavy (non-hydrogen) atoms. The van der Waals surface area contributed by atoms with Crippen LogP contribution in [0.2, 0.25) is 0 Å². The van der Waals surface area contributed by atoms with Crippen molar-refractivity contribution in [1.29, 1.82) is 0 Å². The molecule has 0 aliphatic rings. The maximum Gasteiger partial charge on any atom is 0.138 e.